The molecule has 2 amide bonds. The van der Waals surface area contributed by atoms with Crippen LogP contribution in [0.2, 0.25) is 0 Å². The number of amides is 2. The highest BCUT2D eigenvalue weighted by atomic mass is 16.6. The molecule has 7 heteroatoms. The molecule has 0 bridgehead atoms. The molecule has 1 saturated carbocycles. The monoisotopic (exact) mass is 359 g/mol. The number of carbonyl (C=O) groups is 2. The Morgan fingerprint density at radius 2 is 1.65 bits per heavy atom. The Morgan fingerprint density at radius 1 is 1.00 bits per heavy atom. The quantitative estimate of drug-likeness (QED) is 0.887. The summed E-state index contributed by atoms with van der Waals surface area (Å²) in [6.07, 6.45) is -1.03. The fourth-order valence-corrected chi connectivity index (χ4v) is 4.30. The average Bonchev–Trinajstić information content (AvgIpc) is 3.09. The van der Waals surface area contributed by atoms with E-state index in [2.05, 4.69) is 4.90 Å². The van der Waals surface area contributed by atoms with Crippen molar-refractivity contribution >= 4 is 12.2 Å². The van der Waals surface area contributed by atoms with Crippen LogP contribution in [0.1, 0.15) is 5.56 Å². The molecular formula is C19H25N3O4. The largest absolute Gasteiger partial charge is 0.465 e. The van der Waals surface area contributed by atoms with Gasteiger partial charge in [0.2, 0.25) is 0 Å². The van der Waals surface area contributed by atoms with Crippen LogP contribution in [-0.2, 0) is 11.3 Å². The van der Waals surface area contributed by atoms with Crippen molar-refractivity contribution in [1.82, 2.24) is 14.7 Å². The van der Waals surface area contributed by atoms with Crippen LogP contribution >= 0.6 is 0 Å². The molecule has 0 aromatic heterocycles. The van der Waals surface area contributed by atoms with Gasteiger partial charge in [0.05, 0.1) is 0 Å². The van der Waals surface area contributed by atoms with Crippen molar-refractivity contribution in [3.8, 4) is 0 Å². The SMILES string of the molecule is O=C(O)N1C[C@@H]2[C@H](CN3CCN(C(=O)OCc4ccccc4)CC3)[C@@H]2C1. The fraction of sp³-hybridized carbons (Fsp3) is 0.579. The Hall–Kier alpha value is -2.28. The van der Waals surface area contributed by atoms with Gasteiger partial charge in [-0.15, -0.1) is 0 Å². The number of piperazine rings is 1. The molecule has 0 spiro atoms. The highest BCUT2D eigenvalue weighted by Crippen LogP contribution is 2.51. The number of ether oxygens (including phenoxy) is 1. The maximum atomic E-state index is 12.2. The summed E-state index contributed by atoms with van der Waals surface area (Å²) < 4.78 is 5.40. The molecule has 3 atom stereocenters. The van der Waals surface area contributed by atoms with Gasteiger partial charge in [0.25, 0.3) is 0 Å². The number of carboxylic acid groups (broad SMARTS) is 1. The maximum absolute atomic E-state index is 12.2. The van der Waals surface area contributed by atoms with Crippen molar-refractivity contribution in [3.05, 3.63) is 35.9 Å². The molecule has 140 valence electrons. The number of rotatable bonds is 4. The maximum Gasteiger partial charge on any atom is 0.410 e. The summed E-state index contributed by atoms with van der Waals surface area (Å²) in [5.74, 6) is 1.71. The van der Waals surface area contributed by atoms with Gasteiger partial charge in [-0.3, -0.25) is 4.90 Å². The molecule has 2 saturated heterocycles. The van der Waals surface area contributed by atoms with E-state index in [4.69, 9.17) is 9.84 Å². The van der Waals surface area contributed by atoms with E-state index < -0.39 is 6.09 Å². The summed E-state index contributed by atoms with van der Waals surface area (Å²) in [5.41, 5.74) is 0.996. The summed E-state index contributed by atoms with van der Waals surface area (Å²) in [6, 6.07) is 9.71. The van der Waals surface area contributed by atoms with Crippen LogP contribution in [0, 0.1) is 17.8 Å². The van der Waals surface area contributed by atoms with E-state index in [1.54, 1.807) is 4.90 Å². The topological polar surface area (TPSA) is 73.3 Å². The smallest absolute Gasteiger partial charge is 0.410 e. The number of piperidine rings is 1. The van der Waals surface area contributed by atoms with Crippen LogP contribution in [0.5, 0.6) is 0 Å². The Bertz CT molecular complexity index is 648. The highest BCUT2D eigenvalue weighted by Gasteiger charge is 2.56. The molecule has 2 aliphatic heterocycles. The van der Waals surface area contributed by atoms with Crippen molar-refractivity contribution in [2.75, 3.05) is 45.8 Å². The first-order valence-electron chi connectivity index (χ1n) is 9.27. The number of fused-ring (bicyclic) bond motifs is 1. The van der Waals surface area contributed by atoms with E-state index in [-0.39, 0.29) is 6.09 Å². The predicted octanol–water partition coefficient (Wildman–Crippen LogP) is 1.80. The van der Waals surface area contributed by atoms with Gasteiger partial charge in [-0.05, 0) is 23.3 Å². The second-order valence-electron chi connectivity index (χ2n) is 7.51. The minimum absolute atomic E-state index is 0.242. The van der Waals surface area contributed by atoms with Crippen LogP contribution in [-0.4, -0.2) is 77.8 Å². The Labute approximate surface area is 153 Å². The zero-order valence-electron chi connectivity index (χ0n) is 14.8. The number of hydrogen-bond acceptors (Lipinski definition) is 4. The molecule has 1 aromatic carbocycles. The minimum Gasteiger partial charge on any atom is -0.465 e. The predicted molar refractivity (Wildman–Crippen MR) is 94.7 cm³/mol. The second kappa shape index (κ2) is 7.15. The molecule has 7 nitrogen and oxygen atoms in total. The summed E-state index contributed by atoms with van der Waals surface area (Å²) in [6.45, 7) is 5.82. The third kappa shape index (κ3) is 3.62. The fourth-order valence-electron chi connectivity index (χ4n) is 4.30. The normalized spacial score (nSPS) is 27.9. The molecule has 4 rings (SSSR count). The van der Waals surface area contributed by atoms with E-state index in [0.29, 0.717) is 50.5 Å². The lowest BCUT2D eigenvalue weighted by molar-refractivity contribution is 0.0693. The van der Waals surface area contributed by atoms with Crippen molar-refractivity contribution in [2.24, 2.45) is 17.8 Å². The molecule has 0 unspecified atom stereocenters. The van der Waals surface area contributed by atoms with Gasteiger partial charge in [-0.1, -0.05) is 30.3 Å². The van der Waals surface area contributed by atoms with Crippen LogP contribution in [0.15, 0.2) is 30.3 Å². The van der Waals surface area contributed by atoms with Gasteiger partial charge < -0.3 is 19.6 Å². The average molecular weight is 359 g/mol. The molecule has 1 aromatic rings. The number of likely N-dealkylation sites (tertiary alicyclic amines) is 1. The van der Waals surface area contributed by atoms with Crippen molar-refractivity contribution in [1.29, 1.82) is 0 Å². The van der Waals surface area contributed by atoms with Gasteiger partial charge in [-0.2, -0.15) is 0 Å². The standard InChI is InChI=1S/C19H25N3O4/c23-18(24)22-11-16-15(17(16)12-22)10-20-6-8-21(9-7-20)19(25)26-13-14-4-2-1-3-5-14/h1-5,15-17H,6-13H2,(H,23,24)/t15-,16+,17-. The van der Waals surface area contributed by atoms with Gasteiger partial charge in [0, 0.05) is 45.8 Å². The van der Waals surface area contributed by atoms with E-state index >= 15 is 0 Å². The van der Waals surface area contributed by atoms with Gasteiger partial charge >= 0.3 is 12.2 Å². The van der Waals surface area contributed by atoms with E-state index in [9.17, 15) is 9.59 Å². The zero-order chi connectivity index (χ0) is 18.1. The zero-order valence-corrected chi connectivity index (χ0v) is 14.8. The molecule has 0 radical (unpaired) electrons. The molecular weight excluding hydrogens is 334 g/mol. The van der Waals surface area contributed by atoms with Gasteiger partial charge in [0.15, 0.2) is 0 Å². The van der Waals surface area contributed by atoms with E-state index in [1.165, 1.54) is 4.90 Å². The number of carbonyl (C=O) groups excluding carboxylic acids is 1. The summed E-state index contributed by atoms with van der Waals surface area (Å²) in [5, 5.41) is 9.02. The van der Waals surface area contributed by atoms with Crippen LogP contribution in [0.3, 0.4) is 0 Å². The molecule has 1 aliphatic carbocycles. The van der Waals surface area contributed by atoms with Crippen LogP contribution in [0.25, 0.3) is 0 Å². The molecule has 1 N–H and O–H groups in total. The first-order chi connectivity index (χ1) is 12.6. The van der Waals surface area contributed by atoms with Gasteiger partial charge in [-0.25, -0.2) is 9.59 Å². The van der Waals surface area contributed by atoms with Crippen LogP contribution in [0.4, 0.5) is 9.59 Å². The summed E-state index contributed by atoms with van der Waals surface area (Å²) >= 11 is 0. The molecule has 2 heterocycles. The Balaban J connectivity index is 1.16. The van der Waals surface area contributed by atoms with E-state index in [1.807, 2.05) is 30.3 Å². The van der Waals surface area contributed by atoms with Crippen molar-refractivity contribution < 1.29 is 19.4 Å². The number of benzene rings is 1. The van der Waals surface area contributed by atoms with Crippen molar-refractivity contribution in [2.45, 2.75) is 6.61 Å². The number of nitrogens with zero attached hydrogens (tertiary/aromatic N) is 3. The lowest BCUT2D eigenvalue weighted by Crippen LogP contribution is -2.49. The Kier molecular flexibility index (Phi) is 4.72. The van der Waals surface area contributed by atoms with E-state index in [0.717, 1.165) is 25.2 Å². The molecule has 3 fully saturated rings. The lowest BCUT2D eigenvalue weighted by Gasteiger charge is -2.34. The van der Waals surface area contributed by atoms with Crippen LogP contribution < -0.4 is 0 Å². The molecule has 3 aliphatic rings. The van der Waals surface area contributed by atoms with Crippen molar-refractivity contribution in [3.63, 3.8) is 0 Å². The first kappa shape index (κ1) is 17.1. The third-order valence-corrected chi connectivity index (χ3v) is 5.95. The van der Waals surface area contributed by atoms with Gasteiger partial charge in [0.1, 0.15) is 6.61 Å². The summed E-state index contributed by atoms with van der Waals surface area (Å²) in [7, 11) is 0. The first-order valence-corrected chi connectivity index (χ1v) is 9.27. The second-order valence-corrected chi connectivity index (χ2v) is 7.51. The Morgan fingerprint density at radius 3 is 2.27 bits per heavy atom. The highest BCUT2D eigenvalue weighted by molar-refractivity contribution is 5.67. The summed E-state index contributed by atoms with van der Waals surface area (Å²) in [4.78, 5) is 28.9. The lowest BCUT2D eigenvalue weighted by atomic mass is 10.2. The minimum atomic E-state index is -0.793. The number of hydrogen-bond donors (Lipinski definition) is 1. The molecule has 26 heavy (non-hydrogen) atoms. The third-order valence-electron chi connectivity index (χ3n) is 5.95.